The molecule has 3 nitrogen and oxygen atoms in total. The lowest BCUT2D eigenvalue weighted by atomic mass is 9.91. The number of benzene rings is 2. The monoisotopic (exact) mass is 332 g/mol. The van der Waals surface area contributed by atoms with Crippen molar-refractivity contribution in [2.24, 2.45) is 4.99 Å². The summed E-state index contributed by atoms with van der Waals surface area (Å²) in [7, 11) is 0. The molecule has 128 valence electrons. The van der Waals surface area contributed by atoms with Crippen molar-refractivity contribution in [2.45, 2.75) is 39.5 Å². The number of rotatable bonds is 3. The van der Waals surface area contributed by atoms with Crippen LogP contribution in [0, 0.1) is 0 Å². The highest BCUT2D eigenvalue weighted by Gasteiger charge is 2.22. The van der Waals surface area contributed by atoms with E-state index in [2.05, 4.69) is 32.7 Å². The summed E-state index contributed by atoms with van der Waals surface area (Å²) in [4.78, 5) is 17.5. The van der Waals surface area contributed by atoms with E-state index in [0.29, 0.717) is 11.1 Å². The lowest BCUT2D eigenvalue weighted by Crippen LogP contribution is -2.22. The van der Waals surface area contributed by atoms with E-state index >= 15 is 0 Å². The minimum Gasteiger partial charge on any atom is -0.872 e. The van der Waals surface area contributed by atoms with Gasteiger partial charge in [-0.3, -0.25) is 4.79 Å². The molecule has 0 aromatic heterocycles. The third kappa shape index (κ3) is 3.14. The number of carbonyl (C=O) groups is 1. The van der Waals surface area contributed by atoms with E-state index in [1.54, 1.807) is 24.3 Å². The molecule has 25 heavy (non-hydrogen) atoms. The fourth-order valence-electron chi connectivity index (χ4n) is 3.15. The first kappa shape index (κ1) is 17.2. The van der Waals surface area contributed by atoms with E-state index < -0.39 is 0 Å². The van der Waals surface area contributed by atoms with E-state index in [1.807, 2.05) is 18.2 Å². The van der Waals surface area contributed by atoms with E-state index in [-0.39, 0.29) is 29.1 Å². The molecule has 0 amide bonds. The summed E-state index contributed by atoms with van der Waals surface area (Å²) in [6.45, 7) is 8.43. The maximum atomic E-state index is 12.8. The maximum absolute atomic E-state index is 12.8. The first-order chi connectivity index (χ1) is 11.9. The van der Waals surface area contributed by atoms with Crippen molar-refractivity contribution in [3.05, 3.63) is 70.8 Å². The quantitative estimate of drug-likeness (QED) is 0.824. The molecule has 0 aliphatic heterocycles. The largest absolute Gasteiger partial charge is 0.872 e. The van der Waals surface area contributed by atoms with Gasteiger partial charge in [0.05, 0.1) is 5.69 Å². The molecule has 1 aliphatic rings. The van der Waals surface area contributed by atoms with E-state index in [9.17, 15) is 9.90 Å². The molecule has 2 aromatic carbocycles. The van der Waals surface area contributed by atoms with Gasteiger partial charge >= 0.3 is 0 Å². The molecule has 0 heterocycles. The lowest BCUT2D eigenvalue weighted by molar-refractivity contribution is -0.243. The van der Waals surface area contributed by atoms with Crippen LogP contribution in [0.3, 0.4) is 0 Å². The van der Waals surface area contributed by atoms with Crippen molar-refractivity contribution in [1.29, 1.82) is 0 Å². The Morgan fingerprint density at radius 3 is 1.96 bits per heavy atom. The van der Waals surface area contributed by atoms with Crippen LogP contribution in [-0.4, -0.2) is 11.5 Å². The molecule has 3 heteroatoms. The third-order valence-corrected chi connectivity index (χ3v) is 4.51. The van der Waals surface area contributed by atoms with Gasteiger partial charge < -0.3 is 5.11 Å². The number of ketones is 1. The second kappa shape index (κ2) is 6.67. The van der Waals surface area contributed by atoms with Crippen molar-refractivity contribution in [3.63, 3.8) is 0 Å². The molecule has 0 unspecified atom stereocenters. The molecular formula is C22H22NO2-. The van der Waals surface area contributed by atoms with Gasteiger partial charge in [-0.1, -0.05) is 75.9 Å². The summed E-state index contributed by atoms with van der Waals surface area (Å²) in [5, 5.41) is 12.4. The fraction of sp³-hybridized carbons (Fsp3) is 0.273. The summed E-state index contributed by atoms with van der Waals surface area (Å²) in [6.07, 6.45) is 1.37. The number of aliphatic imine (C=N–C) groups is 1. The number of Topliss-reactive ketones (excluding diaryl/α,β-unsaturated/α-hetero) is 1. The van der Waals surface area contributed by atoms with Crippen molar-refractivity contribution in [2.75, 3.05) is 0 Å². The molecule has 0 saturated carbocycles. The molecule has 3 rings (SSSR count). The average Bonchev–Trinajstić information content (AvgIpc) is 2.59. The Balaban J connectivity index is 2.20. The van der Waals surface area contributed by atoms with Gasteiger partial charge in [-0.05, 0) is 34.6 Å². The molecule has 0 radical (unpaired) electrons. The summed E-state index contributed by atoms with van der Waals surface area (Å²) in [6, 6.07) is 13.0. The van der Waals surface area contributed by atoms with Crippen molar-refractivity contribution < 1.29 is 9.90 Å². The average molecular weight is 332 g/mol. The van der Waals surface area contributed by atoms with Crippen LogP contribution in [0.1, 0.15) is 66.6 Å². The van der Waals surface area contributed by atoms with Crippen LogP contribution in [0.2, 0.25) is 0 Å². The Morgan fingerprint density at radius 1 is 0.840 bits per heavy atom. The number of nitrogens with zero attached hydrogens (tertiary/aromatic N) is 1. The van der Waals surface area contributed by atoms with Crippen molar-refractivity contribution in [1.82, 2.24) is 0 Å². The Kier molecular flexibility index (Phi) is 4.58. The van der Waals surface area contributed by atoms with E-state index in [1.165, 1.54) is 6.08 Å². The Labute approximate surface area is 148 Å². The van der Waals surface area contributed by atoms with Crippen LogP contribution in [-0.2, 0) is 0 Å². The minimum atomic E-state index is -0.191. The fourth-order valence-corrected chi connectivity index (χ4v) is 3.15. The number of hydrogen-bond acceptors (Lipinski definition) is 3. The lowest BCUT2D eigenvalue weighted by Gasteiger charge is -2.22. The standard InChI is InChI=1S/C22H23NO2/c1-13(2)15-10-7-11-16(14(3)4)21(15)23-19-12-20(24)17-8-5-6-9-18(17)22(19)25/h5-14,24H,1-4H3/p-1. The number of fused-ring (bicyclic) bond motifs is 1. The summed E-state index contributed by atoms with van der Waals surface area (Å²) in [5.74, 6) is 0.199. The van der Waals surface area contributed by atoms with Crippen LogP contribution in [0.5, 0.6) is 0 Å². The van der Waals surface area contributed by atoms with Gasteiger partial charge in [0.1, 0.15) is 5.71 Å². The molecular weight excluding hydrogens is 310 g/mol. The minimum absolute atomic E-state index is 0.165. The van der Waals surface area contributed by atoms with Crippen LogP contribution in [0.15, 0.2) is 53.5 Å². The normalized spacial score (nSPS) is 15.7. The molecule has 0 bridgehead atoms. The topological polar surface area (TPSA) is 52.5 Å². The van der Waals surface area contributed by atoms with Gasteiger partial charge in [-0.25, -0.2) is 4.99 Å². The molecule has 0 N–H and O–H groups in total. The van der Waals surface area contributed by atoms with Crippen LogP contribution in [0.4, 0.5) is 5.69 Å². The highest BCUT2D eigenvalue weighted by Crippen LogP contribution is 2.35. The van der Waals surface area contributed by atoms with Crippen LogP contribution in [0.25, 0.3) is 5.76 Å². The van der Waals surface area contributed by atoms with Crippen LogP contribution >= 0.6 is 0 Å². The van der Waals surface area contributed by atoms with Gasteiger partial charge in [0.2, 0.25) is 5.78 Å². The van der Waals surface area contributed by atoms with Crippen molar-refractivity contribution in [3.8, 4) is 0 Å². The van der Waals surface area contributed by atoms with E-state index in [0.717, 1.165) is 16.8 Å². The zero-order valence-electron chi connectivity index (χ0n) is 15.0. The Hall–Kier alpha value is -2.68. The zero-order chi connectivity index (χ0) is 18.1. The number of allylic oxidation sites excluding steroid dienone is 1. The molecule has 2 aromatic rings. The second-order valence-electron chi connectivity index (χ2n) is 6.97. The zero-order valence-corrected chi connectivity index (χ0v) is 15.0. The molecule has 0 atom stereocenters. The SMILES string of the molecule is CC(C)c1cccc(C(C)C)c1N=C1C=C([O-])c2ccccc2C1=O. The number of hydrogen-bond donors (Lipinski definition) is 0. The molecule has 0 fully saturated rings. The predicted molar refractivity (Wildman–Crippen MR) is 100 cm³/mol. The van der Waals surface area contributed by atoms with Gasteiger partial charge in [-0.15, -0.1) is 0 Å². The number of carbonyl (C=O) groups excluding carboxylic acids is 1. The number of para-hydroxylation sites is 1. The second-order valence-corrected chi connectivity index (χ2v) is 6.97. The predicted octanol–water partition coefficient (Wildman–Crippen LogP) is 4.60. The first-order valence-corrected chi connectivity index (χ1v) is 8.64. The third-order valence-electron chi connectivity index (χ3n) is 4.51. The maximum Gasteiger partial charge on any atom is 0.211 e. The Morgan fingerprint density at radius 2 is 1.40 bits per heavy atom. The summed E-state index contributed by atoms with van der Waals surface area (Å²) >= 11 is 0. The highest BCUT2D eigenvalue weighted by molar-refractivity contribution is 6.52. The van der Waals surface area contributed by atoms with Gasteiger partial charge in [-0.2, -0.15) is 0 Å². The molecule has 1 aliphatic carbocycles. The van der Waals surface area contributed by atoms with Gasteiger partial charge in [0.25, 0.3) is 0 Å². The summed E-state index contributed by atoms with van der Waals surface area (Å²) in [5.41, 5.74) is 4.10. The van der Waals surface area contributed by atoms with Gasteiger partial charge in [0.15, 0.2) is 0 Å². The smallest absolute Gasteiger partial charge is 0.211 e. The Bertz CT molecular complexity index is 862. The van der Waals surface area contributed by atoms with Crippen LogP contribution < -0.4 is 5.11 Å². The van der Waals surface area contributed by atoms with Crippen molar-refractivity contribution >= 4 is 22.9 Å². The first-order valence-electron chi connectivity index (χ1n) is 8.64. The molecule has 0 spiro atoms. The molecule has 0 saturated heterocycles. The highest BCUT2D eigenvalue weighted by atomic mass is 16.3. The van der Waals surface area contributed by atoms with E-state index in [4.69, 9.17) is 0 Å². The van der Waals surface area contributed by atoms with Gasteiger partial charge in [0, 0.05) is 5.56 Å². The summed E-state index contributed by atoms with van der Waals surface area (Å²) < 4.78 is 0.